The fourth-order valence-electron chi connectivity index (χ4n) is 3.00. The van der Waals surface area contributed by atoms with Crippen molar-refractivity contribution in [2.45, 2.75) is 18.7 Å². The van der Waals surface area contributed by atoms with Crippen LogP contribution in [0.1, 0.15) is 21.7 Å². The van der Waals surface area contributed by atoms with E-state index >= 15 is 0 Å². The summed E-state index contributed by atoms with van der Waals surface area (Å²) in [5, 5.41) is 5.19. The maximum atomic E-state index is 12.5. The van der Waals surface area contributed by atoms with Crippen molar-refractivity contribution < 1.29 is 9.59 Å². The van der Waals surface area contributed by atoms with Crippen LogP contribution in [0.3, 0.4) is 0 Å². The molecule has 0 unspecified atom stereocenters. The minimum atomic E-state index is -0.470. The van der Waals surface area contributed by atoms with Crippen LogP contribution in [0.15, 0.2) is 53.7 Å². The first-order valence-electron chi connectivity index (χ1n) is 8.90. The van der Waals surface area contributed by atoms with Crippen LogP contribution in [0.25, 0.3) is 16.6 Å². The highest BCUT2D eigenvalue weighted by Gasteiger charge is 2.16. The number of fused-ring (bicyclic) bond motifs is 2. The Balaban J connectivity index is 1.39. The minimum Gasteiger partial charge on any atom is -0.272 e. The molecule has 0 saturated carbocycles. The summed E-state index contributed by atoms with van der Waals surface area (Å²) < 4.78 is 1.59. The molecule has 29 heavy (non-hydrogen) atoms. The Morgan fingerprint density at radius 2 is 1.97 bits per heavy atom. The van der Waals surface area contributed by atoms with Gasteiger partial charge in [0.15, 0.2) is 5.65 Å². The summed E-state index contributed by atoms with van der Waals surface area (Å²) in [7, 11) is 0. The highest BCUT2D eigenvalue weighted by molar-refractivity contribution is 8.00. The summed E-state index contributed by atoms with van der Waals surface area (Å²) in [6.45, 7) is 3.74. The zero-order valence-electron chi connectivity index (χ0n) is 15.8. The van der Waals surface area contributed by atoms with Gasteiger partial charge in [-0.3, -0.25) is 25.4 Å². The van der Waals surface area contributed by atoms with Crippen LogP contribution in [-0.2, 0) is 4.79 Å². The van der Waals surface area contributed by atoms with Crippen molar-refractivity contribution in [1.29, 1.82) is 0 Å². The number of nitrogens with one attached hydrogen (secondary N) is 2. The largest absolute Gasteiger partial charge is 0.275 e. The molecule has 3 heterocycles. The summed E-state index contributed by atoms with van der Waals surface area (Å²) >= 11 is 1.36. The fraction of sp³-hybridized carbons (Fsp3) is 0.150. The van der Waals surface area contributed by atoms with E-state index in [0.29, 0.717) is 11.2 Å². The standard InChI is InChI=1S/C20H18N6O2S/c1-12-9-13(2)26-19(23-12)15(10-22-26)20(28)25-24-17(27)11-29-16-7-3-5-14-6-4-8-21-18(14)16/h3-10H,11H2,1-2H3,(H,24,27)(H,25,28). The Morgan fingerprint density at radius 3 is 2.83 bits per heavy atom. The van der Waals surface area contributed by atoms with Crippen molar-refractivity contribution in [2.75, 3.05) is 5.75 Å². The Hall–Kier alpha value is -3.46. The third-order valence-electron chi connectivity index (χ3n) is 4.29. The molecule has 0 aliphatic heterocycles. The van der Waals surface area contributed by atoms with Crippen LogP contribution in [-0.4, -0.2) is 37.1 Å². The predicted molar refractivity (Wildman–Crippen MR) is 111 cm³/mol. The summed E-state index contributed by atoms with van der Waals surface area (Å²) in [6, 6.07) is 11.5. The number of benzene rings is 1. The minimum absolute atomic E-state index is 0.140. The van der Waals surface area contributed by atoms with Crippen molar-refractivity contribution >= 4 is 40.1 Å². The van der Waals surface area contributed by atoms with Crippen LogP contribution >= 0.6 is 11.8 Å². The van der Waals surface area contributed by atoms with Crippen molar-refractivity contribution in [3.05, 3.63) is 65.7 Å². The fourth-order valence-corrected chi connectivity index (χ4v) is 3.84. The average molecular weight is 406 g/mol. The maximum absolute atomic E-state index is 12.5. The van der Waals surface area contributed by atoms with Crippen molar-refractivity contribution in [2.24, 2.45) is 0 Å². The van der Waals surface area contributed by atoms with E-state index in [9.17, 15) is 9.59 Å². The van der Waals surface area contributed by atoms with E-state index in [1.54, 1.807) is 10.7 Å². The summed E-state index contributed by atoms with van der Waals surface area (Å²) in [4.78, 5) is 34.3. The molecule has 4 aromatic rings. The Labute approximate surface area is 170 Å². The van der Waals surface area contributed by atoms with Gasteiger partial charge in [-0.2, -0.15) is 5.10 Å². The predicted octanol–water partition coefficient (Wildman–Crippen LogP) is 2.45. The number of para-hydroxylation sites is 1. The van der Waals surface area contributed by atoms with Gasteiger partial charge in [-0.1, -0.05) is 18.2 Å². The van der Waals surface area contributed by atoms with Gasteiger partial charge in [-0.25, -0.2) is 9.50 Å². The molecule has 4 rings (SSSR count). The van der Waals surface area contributed by atoms with E-state index < -0.39 is 5.91 Å². The molecule has 0 atom stereocenters. The number of aromatic nitrogens is 4. The van der Waals surface area contributed by atoms with Crippen LogP contribution in [0, 0.1) is 13.8 Å². The molecule has 3 aromatic heterocycles. The number of nitrogens with zero attached hydrogens (tertiary/aromatic N) is 4. The lowest BCUT2D eigenvalue weighted by Crippen LogP contribution is -2.42. The average Bonchev–Trinajstić information content (AvgIpc) is 3.14. The van der Waals surface area contributed by atoms with Crippen LogP contribution < -0.4 is 10.9 Å². The molecule has 8 nitrogen and oxygen atoms in total. The molecule has 1 aromatic carbocycles. The lowest BCUT2D eigenvalue weighted by molar-refractivity contribution is -0.119. The topological polar surface area (TPSA) is 101 Å². The highest BCUT2D eigenvalue weighted by atomic mass is 32.2. The van der Waals surface area contributed by atoms with Gasteiger partial charge in [0.2, 0.25) is 5.91 Å². The van der Waals surface area contributed by atoms with Crippen molar-refractivity contribution in [1.82, 2.24) is 30.4 Å². The Morgan fingerprint density at radius 1 is 1.14 bits per heavy atom. The molecule has 0 aliphatic carbocycles. The quantitative estimate of drug-likeness (QED) is 0.399. The third-order valence-corrected chi connectivity index (χ3v) is 5.34. The summed E-state index contributed by atoms with van der Waals surface area (Å²) in [5.74, 6) is -0.656. The molecule has 9 heteroatoms. The summed E-state index contributed by atoms with van der Waals surface area (Å²) in [5.41, 5.74) is 8.11. The van der Waals surface area contributed by atoms with E-state index in [-0.39, 0.29) is 11.7 Å². The number of pyridine rings is 1. The molecule has 2 N–H and O–H groups in total. The van der Waals surface area contributed by atoms with E-state index in [1.165, 1.54) is 18.0 Å². The molecule has 0 saturated heterocycles. The maximum Gasteiger partial charge on any atom is 0.275 e. The van der Waals surface area contributed by atoms with Gasteiger partial charge >= 0.3 is 0 Å². The first-order valence-corrected chi connectivity index (χ1v) is 9.89. The third kappa shape index (κ3) is 3.90. The van der Waals surface area contributed by atoms with Gasteiger partial charge in [-0.15, -0.1) is 11.8 Å². The first-order chi connectivity index (χ1) is 14.0. The second-order valence-corrected chi connectivity index (χ2v) is 7.47. The lowest BCUT2D eigenvalue weighted by Gasteiger charge is -2.08. The molecular weight excluding hydrogens is 388 g/mol. The van der Waals surface area contributed by atoms with Crippen LogP contribution in [0.2, 0.25) is 0 Å². The van der Waals surface area contributed by atoms with Gasteiger partial charge < -0.3 is 0 Å². The van der Waals surface area contributed by atoms with Gasteiger partial charge in [0, 0.05) is 27.9 Å². The molecule has 146 valence electrons. The Bertz CT molecular complexity index is 1230. The normalized spacial score (nSPS) is 11.0. The van der Waals surface area contributed by atoms with Gasteiger partial charge in [0.1, 0.15) is 5.56 Å². The Kier molecular flexibility index (Phi) is 5.13. The molecule has 2 amide bonds. The number of hydrogen-bond donors (Lipinski definition) is 2. The number of hydrazine groups is 1. The van der Waals surface area contributed by atoms with E-state index in [1.807, 2.05) is 50.2 Å². The van der Waals surface area contributed by atoms with Crippen LogP contribution in [0.5, 0.6) is 0 Å². The molecule has 0 spiro atoms. The second-order valence-electron chi connectivity index (χ2n) is 6.45. The smallest absolute Gasteiger partial charge is 0.272 e. The number of carbonyl (C=O) groups excluding carboxylic acids is 2. The van der Waals surface area contributed by atoms with E-state index in [4.69, 9.17) is 0 Å². The van der Waals surface area contributed by atoms with E-state index in [0.717, 1.165) is 27.2 Å². The molecule has 0 aliphatic rings. The number of amides is 2. The zero-order valence-corrected chi connectivity index (χ0v) is 16.7. The monoisotopic (exact) mass is 406 g/mol. The summed E-state index contributed by atoms with van der Waals surface area (Å²) in [6.07, 6.45) is 3.16. The highest BCUT2D eigenvalue weighted by Crippen LogP contribution is 2.25. The van der Waals surface area contributed by atoms with Crippen molar-refractivity contribution in [3.63, 3.8) is 0 Å². The number of hydrogen-bond acceptors (Lipinski definition) is 6. The van der Waals surface area contributed by atoms with Crippen LogP contribution in [0.4, 0.5) is 0 Å². The molecule has 0 bridgehead atoms. The van der Waals surface area contributed by atoms with E-state index in [2.05, 4.69) is 25.9 Å². The molecular formula is C20H18N6O2S. The van der Waals surface area contributed by atoms with Crippen molar-refractivity contribution in [3.8, 4) is 0 Å². The number of carbonyl (C=O) groups is 2. The number of rotatable bonds is 4. The van der Waals surface area contributed by atoms with Gasteiger partial charge in [-0.05, 0) is 32.0 Å². The number of aryl methyl sites for hydroxylation is 2. The lowest BCUT2D eigenvalue weighted by atomic mass is 10.2. The molecule has 0 radical (unpaired) electrons. The molecule has 0 fully saturated rings. The van der Waals surface area contributed by atoms with Gasteiger partial charge in [0.25, 0.3) is 5.91 Å². The number of thioether (sulfide) groups is 1. The SMILES string of the molecule is Cc1cc(C)n2ncc(C(=O)NNC(=O)CSc3cccc4cccnc34)c2n1. The zero-order chi connectivity index (χ0) is 20.4. The first kappa shape index (κ1) is 18.9. The second kappa shape index (κ2) is 7.88. The van der Waals surface area contributed by atoms with Gasteiger partial charge in [0.05, 0.1) is 17.5 Å².